The van der Waals surface area contributed by atoms with Crippen LogP contribution in [-0.4, -0.2) is 22.1 Å². The smallest absolute Gasteiger partial charge is 0.181 e. The number of hydrogen-bond acceptors (Lipinski definition) is 4. The molecule has 1 aliphatic rings. The Morgan fingerprint density at radius 1 is 1.38 bits per heavy atom. The fraction of sp³-hybridized carbons (Fsp3) is 0.294. The molecule has 1 aromatic heterocycles. The van der Waals surface area contributed by atoms with E-state index in [1.807, 2.05) is 0 Å². The number of aliphatic hydroxyl groups is 1. The molecule has 126 valence electrons. The molecule has 0 aliphatic heterocycles. The van der Waals surface area contributed by atoms with Gasteiger partial charge in [-0.05, 0) is 29.7 Å². The molecule has 0 saturated heterocycles. The molecule has 0 saturated carbocycles. The number of aromatic nitrogens is 1. The molecule has 7 heteroatoms. The molecule has 0 spiro atoms. The van der Waals surface area contributed by atoms with Crippen LogP contribution in [0.4, 0.5) is 8.78 Å². The normalized spacial score (nSPS) is 18.3. The van der Waals surface area contributed by atoms with Crippen LogP contribution in [0.2, 0.25) is 5.02 Å². The number of benzene rings is 1. The first kappa shape index (κ1) is 17.0. The Morgan fingerprint density at radius 3 is 2.96 bits per heavy atom. The molecule has 3 rings (SSSR count). The molecular formula is C17H15ClF2N2O2. The number of carbonyl (C=O) groups is 1. The number of halogens is 3. The number of pyridine rings is 1. The minimum Gasteiger partial charge on any atom is -0.378 e. The van der Waals surface area contributed by atoms with E-state index in [0.717, 1.165) is 6.07 Å². The maximum absolute atomic E-state index is 13.5. The number of nitrogens with zero attached hydrogens (tertiary/aromatic N) is 1. The summed E-state index contributed by atoms with van der Waals surface area (Å²) in [6, 6.07) is 5.83. The number of rotatable bonds is 4. The van der Waals surface area contributed by atoms with Gasteiger partial charge in [0.25, 0.3) is 0 Å². The van der Waals surface area contributed by atoms with Gasteiger partial charge in [0, 0.05) is 25.1 Å². The fourth-order valence-corrected chi connectivity index (χ4v) is 3.12. The van der Waals surface area contributed by atoms with Crippen molar-refractivity contribution in [3.63, 3.8) is 0 Å². The molecule has 4 nitrogen and oxygen atoms in total. The maximum Gasteiger partial charge on any atom is 0.181 e. The zero-order valence-electron chi connectivity index (χ0n) is 12.6. The molecule has 1 aliphatic carbocycles. The summed E-state index contributed by atoms with van der Waals surface area (Å²) in [4.78, 5) is 16.0. The second-order valence-electron chi connectivity index (χ2n) is 5.67. The van der Waals surface area contributed by atoms with Gasteiger partial charge in [0.1, 0.15) is 11.9 Å². The van der Waals surface area contributed by atoms with E-state index in [1.165, 1.54) is 6.07 Å². The Hall–Kier alpha value is -1.89. The van der Waals surface area contributed by atoms with Gasteiger partial charge in [0.05, 0.1) is 5.02 Å². The molecule has 2 aromatic rings. The SMILES string of the molecule is O=C1CCC(C(O)NCc2ccc(F)c(F)c2Cl)c2cccnc21. The van der Waals surface area contributed by atoms with Gasteiger partial charge in [-0.1, -0.05) is 23.7 Å². The van der Waals surface area contributed by atoms with Crippen LogP contribution in [0.15, 0.2) is 30.5 Å². The zero-order valence-corrected chi connectivity index (χ0v) is 13.4. The van der Waals surface area contributed by atoms with Gasteiger partial charge >= 0.3 is 0 Å². The van der Waals surface area contributed by atoms with Crippen LogP contribution < -0.4 is 5.32 Å². The lowest BCUT2D eigenvalue weighted by Gasteiger charge is -2.28. The fourth-order valence-electron chi connectivity index (χ4n) is 2.90. The molecule has 0 radical (unpaired) electrons. The molecule has 1 heterocycles. The average molecular weight is 353 g/mol. The molecular weight excluding hydrogens is 338 g/mol. The first-order valence-corrected chi connectivity index (χ1v) is 7.88. The van der Waals surface area contributed by atoms with Crippen molar-refractivity contribution in [3.05, 3.63) is 63.9 Å². The third kappa shape index (κ3) is 3.17. The van der Waals surface area contributed by atoms with E-state index in [9.17, 15) is 18.7 Å². The molecule has 2 atom stereocenters. The van der Waals surface area contributed by atoms with Crippen LogP contribution in [0, 0.1) is 11.6 Å². The summed E-state index contributed by atoms with van der Waals surface area (Å²) < 4.78 is 26.6. The van der Waals surface area contributed by atoms with Crippen LogP contribution >= 0.6 is 11.6 Å². The molecule has 0 amide bonds. The van der Waals surface area contributed by atoms with Crippen molar-refractivity contribution in [2.45, 2.75) is 31.5 Å². The van der Waals surface area contributed by atoms with Crippen molar-refractivity contribution in [1.29, 1.82) is 0 Å². The standard InChI is InChI=1S/C17H15ClF2N2O2/c18-14-9(3-5-12(19)15(14)20)8-22-17(24)11-4-6-13(23)16-10(11)2-1-7-21-16/h1-3,5,7,11,17,22,24H,4,6,8H2. The second kappa shape index (κ2) is 6.93. The monoisotopic (exact) mass is 352 g/mol. The zero-order chi connectivity index (χ0) is 17.3. The number of aliphatic hydroxyl groups excluding tert-OH is 1. The molecule has 0 bridgehead atoms. The Bertz CT molecular complexity index is 785. The lowest BCUT2D eigenvalue weighted by atomic mass is 9.83. The Labute approximate surface area is 142 Å². The van der Waals surface area contributed by atoms with Crippen LogP contribution in [0.5, 0.6) is 0 Å². The summed E-state index contributed by atoms with van der Waals surface area (Å²) in [5.74, 6) is -2.48. The summed E-state index contributed by atoms with van der Waals surface area (Å²) in [7, 11) is 0. The summed E-state index contributed by atoms with van der Waals surface area (Å²) in [5.41, 5.74) is 1.40. The van der Waals surface area contributed by atoms with Crippen molar-refractivity contribution in [1.82, 2.24) is 10.3 Å². The maximum atomic E-state index is 13.5. The summed E-state index contributed by atoms with van der Waals surface area (Å²) >= 11 is 5.78. The molecule has 2 N–H and O–H groups in total. The van der Waals surface area contributed by atoms with Gasteiger partial charge in [-0.3, -0.25) is 15.1 Å². The minimum absolute atomic E-state index is 0.0438. The minimum atomic E-state index is -1.11. The third-order valence-corrected chi connectivity index (χ3v) is 4.59. The van der Waals surface area contributed by atoms with Crippen molar-refractivity contribution >= 4 is 17.4 Å². The van der Waals surface area contributed by atoms with E-state index in [2.05, 4.69) is 10.3 Å². The molecule has 1 aromatic carbocycles. The van der Waals surface area contributed by atoms with Crippen LogP contribution in [0.3, 0.4) is 0 Å². The first-order chi connectivity index (χ1) is 11.5. The second-order valence-corrected chi connectivity index (χ2v) is 6.05. The molecule has 0 fully saturated rings. The summed E-state index contributed by atoms with van der Waals surface area (Å²) in [5, 5.41) is 13.0. The van der Waals surface area contributed by atoms with Gasteiger partial charge in [-0.25, -0.2) is 8.78 Å². The Kier molecular flexibility index (Phi) is 4.89. The predicted molar refractivity (Wildman–Crippen MR) is 84.8 cm³/mol. The Morgan fingerprint density at radius 2 is 2.17 bits per heavy atom. The number of carbonyl (C=O) groups excluding carboxylic acids is 1. The Balaban J connectivity index is 1.75. The highest BCUT2D eigenvalue weighted by atomic mass is 35.5. The average Bonchev–Trinajstić information content (AvgIpc) is 2.59. The number of ketones is 1. The topological polar surface area (TPSA) is 62.2 Å². The van der Waals surface area contributed by atoms with E-state index in [1.54, 1.807) is 18.3 Å². The predicted octanol–water partition coefficient (Wildman–Crippen LogP) is 3.18. The van der Waals surface area contributed by atoms with Gasteiger partial charge in [-0.15, -0.1) is 0 Å². The van der Waals surface area contributed by atoms with Gasteiger partial charge in [0.15, 0.2) is 17.4 Å². The number of nitrogens with one attached hydrogen (secondary N) is 1. The van der Waals surface area contributed by atoms with Crippen LogP contribution in [0.1, 0.15) is 40.4 Å². The summed E-state index contributed by atoms with van der Waals surface area (Å²) in [6.45, 7) is 0.0667. The third-order valence-electron chi connectivity index (χ3n) is 4.18. The van der Waals surface area contributed by atoms with Crippen molar-refractivity contribution < 1.29 is 18.7 Å². The number of Topliss-reactive ketones (excluding diaryl/α,β-unsaturated/α-hetero) is 1. The first-order valence-electron chi connectivity index (χ1n) is 7.51. The van der Waals surface area contributed by atoms with E-state index in [0.29, 0.717) is 29.7 Å². The lowest BCUT2D eigenvalue weighted by molar-refractivity contribution is 0.0840. The summed E-state index contributed by atoms with van der Waals surface area (Å²) in [6.07, 6.45) is 1.36. The lowest BCUT2D eigenvalue weighted by Crippen LogP contribution is -2.37. The van der Waals surface area contributed by atoms with Crippen molar-refractivity contribution in [3.8, 4) is 0 Å². The van der Waals surface area contributed by atoms with E-state index in [4.69, 9.17) is 11.6 Å². The quantitative estimate of drug-likeness (QED) is 0.655. The number of hydrogen-bond donors (Lipinski definition) is 2. The van der Waals surface area contributed by atoms with E-state index >= 15 is 0 Å². The van der Waals surface area contributed by atoms with Crippen LogP contribution in [0.25, 0.3) is 0 Å². The van der Waals surface area contributed by atoms with Gasteiger partial charge in [-0.2, -0.15) is 0 Å². The molecule has 24 heavy (non-hydrogen) atoms. The van der Waals surface area contributed by atoms with E-state index < -0.39 is 17.9 Å². The highest BCUT2D eigenvalue weighted by molar-refractivity contribution is 6.31. The van der Waals surface area contributed by atoms with Gasteiger partial charge in [0.2, 0.25) is 0 Å². The largest absolute Gasteiger partial charge is 0.378 e. The van der Waals surface area contributed by atoms with E-state index in [-0.39, 0.29) is 23.3 Å². The highest BCUT2D eigenvalue weighted by Crippen LogP contribution is 2.32. The molecule has 2 unspecified atom stereocenters. The van der Waals surface area contributed by atoms with Gasteiger partial charge < -0.3 is 5.11 Å². The number of fused-ring (bicyclic) bond motifs is 1. The van der Waals surface area contributed by atoms with Crippen molar-refractivity contribution in [2.75, 3.05) is 0 Å². The highest BCUT2D eigenvalue weighted by Gasteiger charge is 2.31. The van der Waals surface area contributed by atoms with Crippen molar-refractivity contribution in [2.24, 2.45) is 0 Å². The van der Waals surface area contributed by atoms with Crippen LogP contribution in [-0.2, 0) is 6.54 Å².